The first-order valence-corrected chi connectivity index (χ1v) is 9.83. The van der Waals surface area contributed by atoms with E-state index in [0.29, 0.717) is 23.5 Å². The number of hydrogen-bond donors (Lipinski definition) is 1. The van der Waals surface area contributed by atoms with Gasteiger partial charge in [0.1, 0.15) is 0 Å². The van der Waals surface area contributed by atoms with E-state index in [-0.39, 0.29) is 16.6 Å². The van der Waals surface area contributed by atoms with E-state index >= 15 is 0 Å². The van der Waals surface area contributed by atoms with Crippen LogP contribution in [0, 0.1) is 11.6 Å². The summed E-state index contributed by atoms with van der Waals surface area (Å²) in [7, 11) is -3.79. The van der Waals surface area contributed by atoms with Gasteiger partial charge >= 0.3 is 0 Å². The van der Waals surface area contributed by atoms with Gasteiger partial charge in [0, 0.05) is 17.1 Å². The highest BCUT2D eigenvalue weighted by atomic mass is 32.2. The van der Waals surface area contributed by atoms with E-state index < -0.39 is 21.7 Å². The third kappa shape index (κ3) is 3.83. The fourth-order valence-corrected chi connectivity index (χ4v) is 3.97. The molecule has 1 heterocycles. The molecule has 1 amide bonds. The Hall–Kier alpha value is -1.97. The largest absolute Gasteiger partial charge is 0.311 e. The second kappa shape index (κ2) is 6.74. The Morgan fingerprint density at radius 1 is 1.16 bits per heavy atom. The van der Waals surface area contributed by atoms with E-state index in [0.717, 1.165) is 29.5 Å². The maximum absolute atomic E-state index is 13.2. The van der Waals surface area contributed by atoms with Crippen molar-refractivity contribution in [2.24, 2.45) is 5.14 Å². The molecule has 0 saturated heterocycles. The van der Waals surface area contributed by atoms with Gasteiger partial charge in [0.15, 0.2) is 11.6 Å². The fraction of sp³-hybridized carbons (Fsp3) is 0.188. The molecule has 0 aromatic heterocycles. The molecule has 0 fully saturated rings. The first kappa shape index (κ1) is 17.8. The van der Waals surface area contributed by atoms with Crippen molar-refractivity contribution in [3.63, 3.8) is 0 Å². The Bertz CT molecular complexity index is 948. The number of nitrogens with zero attached hydrogens (tertiary/aromatic N) is 1. The molecule has 0 spiro atoms. The standard InChI is InChI=1S/C16H14F2N2O3S2/c17-13-3-1-11(8-14(13)18)24-9-16(21)20-6-5-10-7-12(25(19,22)23)2-4-15(10)20/h1-4,7-8H,5-6,9H2,(H2,19,22,23). The summed E-state index contributed by atoms with van der Waals surface area (Å²) >= 11 is 1.11. The number of nitrogens with two attached hydrogens (primary N) is 1. The predicted molar refractivity (Wildman–Crippen MR) is 91.0 cm³/mol. The van der Waals surface area contributed by atoms with Crippen LogP contribution in [-0.2, 0) is 21.2 Å². The third-order valence-corrected chi connectivity index (χ3v) is 5.72. The maximum atomic E-state index is 13.2. The highest BCUT2D eigenvalue weighted by Crippen LogP contribution is 2.31. The molecule has 25 heavy (non-hydrogen) atoms. The Morgan fingerprint density at radius 2 is 1.92 bits per heavy atom. The summed E-state index contributed by atoms with van der Waals surface area (Å²) < 4.78 is 48.9. The molecule has 2 aromatic carbocycles. The van der Waals surface area contributed by atoms with Crippen molar-refractivity contribution >= 4 is 33.4 Å². The van der Waals surface area contributed by atoms with Crippen LogP contribution in [0.25, 0.3) is 0 Å². The monoisotopic (exact) mass is 384 g/mol. The highest BCUT2D eigenvalue weighted by molar-refractivity contribution is 8.00. The van der Waals surface area contributed by atoms with Gasteiger partial charge in [-0.2, -0.15) is 0 Å². The lowest BCUT2D eigenvalue weighted by atomic mass is 10.2. The normalized spacial score (nSPS) is 13.8. The van der Waals surface area contributed by atoms with E-state index in [9.17, 15) is 22.0 Å². The van der Waals surface area contributed by atoms with Gasteiger partial charge in [-0.15, -0.1) is 11.8 Å². The average molecular weight is 384 g/mol. The summed E-state index contributed by atoms with van der Waals surface area (Å²) in [6, 6.07) is 7.86. The van der Waals surface area contributed by atoms with Crippen LogP contribution in [0.5, 0.6) is 0 Å². The topological polar surface area (TPSA) is 80.5 Å². The Kier molecular flexibility index (Phi) is 4.81. The number of carbonyl (C=O) groups is 1. The Morgan fingerprint density at radius 3 is 2.60 bits per heavy atom. The lowest BCUT2D eigenvalue weighted by Crippen LogP contribution is -2.30. The first-order valence-electron chi connectivity index (χ1n) is 7.29. The van der Waals surface area contributed by atoms with Crippen LogP contribution in [0.2, 0.25) is 0 Å². The number of primary sulfonamides is 1. The molecule has 1 aliphatic heterocycles. The number of amides is 1. The van der Waals surface area contributed by atoms with Gasteiger partial charge in [0.25, 0.3) is 0 Å². The smallest absolute Gasteiger partial charge is 0.238 e. The summed E-state index contributed by atoms with van der Waals surface area (Å²) in [6.07, 6.45) is 0.528. The number of rotatable bonds is 4. The van der Waals surface area contributed by atoms with Crippen LogP contribution in [-0.4, -0.2) is 26.6 Å². The van der Waals surface area contributed by atoms with E-state index in [1.807, 2.05) is 0 Å². The van der Waals surface area contributed by atoms with E-state index in [4.69, 9.17) is 5.14 Å². The molecular weight excluding hydrogens is 370 g/mol. The van der Waals surface area contributed by atoms with Gasteiger partial charge in [-0.25, -0.2) is 22.3 Å². The second-order valence-electron chi connectivity index (χ2n) is 5.50. The zero-order valence-electron chi connectivity index (χ0n) is 12.9. The van der Waals surface area contributed by atoms with Crippen molar-refractivity contribution in [2.45, 2.75) is 16.2 Å². The SMILES string of the molecule is NS(=O)(=O)c1ccc2c(c1)CCN2C(=O)CSc1ccc(F)c(F)c1. The molecule has 3 rings (SSSR count). The fourth-order valence-electron chi connectivity index (χ4n) is 2.60. The van der Waals surface area contributed by atoms with Crippen LogP contribution in [0.3, 0.4) is 0 Å². The molecule has 132 valence electrons. The summed E-state index contributed by atoms with van der Waals surface area (Å²) in [5.41, 5.74) is 1.38. The number of carbonyl (C=O) groups excluding carboxylic acids is 1. The molecule has 0 aliphatic carbocycles. The average Bonchev–Trinajstić information content (AvgIpc) is 2.98. The molecule has 9 heteroatoms. The molecule has 1 aliphatic rings. The van der Waals surface area contributed by atoms with Gasteiger partial charge in [0.05, 0.1) is 10.6 Å². The maximum Gasteiger partial charge on any atom is 0.238 e. The second-order valence-corrected chi connectivity index (χ2v) is 8.11. The summed E-state index contributed by atoms with van der Waals surface area (Å²) in [5.74, 6) is -2.03. The van der Waals surface area contributed by atoms with Crippen molar-refractivity contribution < 1.29 is 22.0 Å². The van der Waals surface area contributed by atoms with Gasteiger partial charge < -0.3 is 4.90 Å². The quantitative estimate of drug-likeness (QED) is 0.821. The van der Waals surface area contributed by atoms with Gasteiger partial charge in [0.2, 0.25) is 15.9 Å². The van der Waals surface area contributed by atoms with Gasteiger partial charge in [-0.1, -0.05) is 0 Å². The number of fused-ring (bicyclic) bond motifs is 1. The first-order chi connectivity index (χ1) is 11.8. The van der Waals surface area contributed by atoms with Crippen LogP contribution in [0.15, 0.2) is 46.2 Å². The molecule has 0 bridgehead atoms. The number of benzene rings is 2. The highest BCUT2D eigenvalue weighted by Gasteiger charge is 2.26. The lowest BCUT2D eigenvalue weighted by molar-refractivity contribution is -0.116. The molecule has 5 nitrogen and oxygen atoms in total. The van der Waals surface area contributed by atoms with Crippen molar-refractivity contribution in [3.05, 3.63) is 53.6 Å². The zero-order chi connectivity index (χ0) is 18.2. The molecule has 0 unspecified atom stereocenters. The predicted octanol–water partition coefficient (Wildman–Crippen LogP) is 2.29. The summed E-state index contributed by atoms with van der Waals surface area (Å²) in [4.78, 5) is 14.4. The number of thioether (sulfide) groups is 1. The number of halogens is 2. The Balaban J connectivity index is 1.72. The van der Waals surface area contributed by atoms with E-state index in [1.165, 1.54) is 18.2 Å². The number of anilines is 1. The van der Waals surface area contributed by atoms with Crippen LogP contribution in [0.1, 0.15) is 5.56 Å². The van der Waals surface area contributed by atoms with Crippen molar-refractivity contribution in [1.82, 2.24) is 0 Å². The van der Waals surface area contributed by atoms with E-state index in [2.05, 4.69) is 0 Å². The molecule has 0 atom stereocenters. The van der Waals surface area contributed by atoms with Crippen LogP contribution < -0.4 is 10.0 Å². The summed E-state index contributed by atoms with van der Waals surface area (Å²) in [6.45, 7) is 0.431. The Labute approximate surface area is 147 Å². The minimum absolute atomic E-state index is 0.0108. The minimum Gasteiger partial charge on any atom is -0.311 e. The van der Waals surface area contributed by atoms with Crippen molar-refractivity contribution in [2.75, 3.05) is 17.2 Å². The minimum atomic E-state index is -3.79. The van der Waals surface area contributed by atoms with Crippen molar-refractivity contribution in [1.29, 1.82) is 0 Å². The number of sulfonamides is 1. The molecule has 0 saturated carbocycles. The van der Waals surface area contributed by atoms with E-state index in [1.54, 1.807) is 11.0 Å². The lowest BCUT2D eigenvalue weighted by Gasteiger charge is -2.17. The molecule has 2 aromatic rings. The number of hydrogen-bond acceptors (Lipinski definition) is 4. The van der Waals surface area contributed by atoms with Gasteiger partial charge in [-0.05, 0) is 48.4 Å². The molecular formula is C16H14F2N2O3S2. The van der Waals surface area contributed by atoms with Crippen molar-refractivity contribution in [3.8, 4) is 0 Å². The molecule has 0 radical (unpaired) electrons. The molecule has 2 N–H and O–H groups in total. The van der Waals surface area contributed by atoms with Gasteiger partial charge in [-0.3, -0.25) is 4.79 Å². The zero-order valence-corrected chi connectivity index (χ0v) is 14.5. The summed E-state index contributed by atoms with van der Waals surface area (Å²) in [5, 5.41) is 5.11. The van der Waals surface area contributed by atoms with Crippen LogP contribution >= 0.6 is 11.8 Å². The van der Waals surface area contributed by atoms with Crippen LogP contribution in [0.4, 0.5) is 14.5 Å². The third-order valence-electron chi connectivity index (χ3n) is 3.83.